The van der Waals surface area contributed by atoms with E-state index in [0.717, 1.165) is 35.2 Å². The molecule has 8 heteroatoms. The third-order valence-corrected chi connectivity index (χ3v) is 8.79. The summed E-state index contributed by atoms with van der Waals surface area (Å²) in [4.78, 5) is 12.7. The number of carbonyl (C=O) groups is 1. The van der Waals surface area contributed by atoms with Gasteiger partial charge < -0.3 is 19.4 Å². The lowest BCUT2D eigenvalue weighted by molar-refractivity contribution is -0.113. The molecule has 0 saturated heterocycles. The van der Waals surface area contributed by atoms with E-state index in [-0.39, 0.29) is 11.7 Å². The number of carbonyl (C=O) groups excluding carboxylic acids is 1. The predicted octanol–water partition coefficient (Wildman–Crippen LogP) is 4.97. The lowest BCUT2D eigenvalue weighted by atomic mass is 9.49. The summed E-state index contributed by atoms with van der Waals surface area (Å²) in [6.07, 6.45) is 11.2. The van der Waals surface area contributed by atoms with Crippen LogP contribution in [0.1, 0.15) is 44.3 Å². The quantitative estimate of drug-likeness (QED) is 0.380. The van der Waals surface area contributed by atoms with E-state index >= 15 is 0 Å². The minimum absolute atomic E-state index is 0.121. The van der Waals surface area contributed by atoms with Gasteiger partial charge in [-0.1, -0.05) is 17.8 Å². The van der Waals surface area contributed by atoms with Gasteiger partial charge in [0.2, 0.25) is 5.91 Å². The lowest BCUT2D eigenvalue weighted by Gasteiger charge is -2.56. The van der Waals surface area contributed by atoms with Crippen LogP contribution in [0.15, 0.2) is 36.0 Å². The Morgan fingerprint density at radius 3 is 2.50 bits per heavy atom. The van der Waals surface area contributed by atoms with Crippen LogP contribution in [-0.2, 0) is 17.8 Å². The van der Waals surface area contributed by atoms with Gasteiger partial charge in [-0.2, -0.15) is 0 Å². The summed E-state index contributed by atoms with van der Waals surface area (Å²) in [7, 11) is 3.17. The number of hydrogen-bond acceptors (Lipinski definition) is 6. The van der Waals surface area contributed by atoms with E-state index in [1.807, 2.05) is 6.08 Å². The van der Waals surface area contributed by atoms with Crippen LogP contribution < -0.4 is 14.8 Å². The largest absolute Gasteiger partial charge is 0.497 e. The molecule has 4 aliphatic carbocycles. The van der Waals surface area contributed by atoms with Crippen LogP contribution in [-0.4, -0.2) is 40.6 Å². The maximum Gasteiger partial charge on any atom is 0.234 e. The first-order chi connectivity index (χ1) is 16.5. The summed E-state index contributed by atoms with van der Waals surface area (Å²) in [5, 5.41) is 12.8. The number of nitrogens with one attached hydrogen (secondary N) is 1. The number of methoxy groups -OCH3 is 2. The van der Waals surface area contributed by atoms with Crippen molar-refractivity contribution in [2.45, 2.75) is 56.6 Å². The summed E-state index contributed by atoms with van der Waals surface area (Å²) >= 11 is 1.41. The normalized spacial score (nSPS) is 26.9. The minimum Gasteiger partial charge on any atom is -0.497 e. The molecule has 4 fully saturated rings. The Balaban J connectivity index is 1.25. The Hall–Kier alpha value is -2.48. The molecule has 0 aliphatic heterocycles. The number of benzene rings is 1. The lowest BCUT2D eigenvalue weighted by Crippen LogP contribution is -2.47. The number of rotatable bonds is 10. The summed E-state index contributed by atoms with van der Waals surface area (Å²) in [6, 6.07) is 5.33. The molecule has 2 aromatic rings. The summed E-state index contributed by atoms with van der Waals surface area (Å²) in [5.74, 6) is 5.13. The first kappa shape index (κ1) is 23.3. The highest BCUT2D eigenvalue weighted by Gasteiger charge is 2.51. The summed E-state index contributed by atoms with van der Waals surface area (Å²) < 4.78 is 12.8. The van der Waals surface area contributed by atoms with Gasteiger partial charge in [-0.3, -0.25) is 4.79 Å². The van der Waals surface area contributed by atoms with Crippen LogP contribution in [0.25, 0.3) is 0 Å². The number of amides is 1. The molecule has 0 radical (unpaired) electrons. The Bertz CT molecular complexity index is 1030. The van der Waals surface area contributed by atoms with E-state index < -0.39 is 0 Å². The Morgan fingerprint density at radius 1 is 1.18 bits per heavy atom. The third kappa shape index (κ3) is 4.69. The van der Waals surface area contributed by atoms with Crippen molar-refractivity contribution in [3.05, 3.63) is 36.7 Å². The minimum atomic E-state index is -0.121. The first-order valence-electron chi connectivity index (χ1n) is 12.2. The number of nitrogens with zero attached hydrogens (tertiary/aromatic N) is 3. The second kappa shape index (κ2) is 9.64. The number of ether oxygens (including phenoxy) is 2. The van der Waals surface area contributed by atoms with Crippen molar-refractivity contribution < 1.29 is 14.3 Å². The average Bonchev–Trinajstić information content (AvgIpc) is 3.17. The third-order valence-electron chi connectivity index (χ3n) is 7.82. The zero-order valence-corrected chi connectivity index (χ0v) is 20.9. The van der Waals surface area contributed by atoms with Crippen molar-refractivity contribution in [3.8, 4) is 11.5 Å². The predicted molar refractivity (Wildman–Crippen MR) is 133 cm³/mol. The molecular weight excluding hydrogens is 448 g/mol. The number of allylic oxidation sites excluding steroid dienone is 1. The zero-order chi connectivity index (χ0) is 23.7. The molecule has 6 rings (SSSR count). The number of hydrogen-bond donors (Lipinski definition) is 1. The van der Waals surface area contributed by atoms with Crippen molar-refractivity contribution >= 4 is 23.4 Å². The van der Waals surface area contributed by atoms with Gasteiger partial charge >= 0.3 is 0 Å². The van der Waals surface area contributed by atoms with Crippen LogP contribution in [0.4, 0.5) is 5.69 Å². The van der Waals surface area contributed by atoms with E-state index in [9.17, 15) is 4.79 Å². The highest BCUT2D eigenvalue weighted by Crippen LogP contribution is 2.61. The van der Waals surface area contributed by atoms with Gasteiger partial charge in [0.05, 0.1) is 25.7 Å². The van der Waals surface area contributed by atoms with Gasteiger partial charge in [-0.05, 0) is 73.8 Å². The van der Waals surface area contributed by atoms with E-state index in [0.29, 0.717) is 29.1 Å². The molecule has 182 valence electrons. The molecule has 4 bridgehead atoms. The fourth-order valence-electron chi connectivity index (χ4n) is 6.93. The maximum absolute atomic E-state index is 12.7. The highest BCUT2D eigenvalue weighted by molar-refractivity contribution is 7.99. The number of thioether (sulfide) groups is 1. The van der Waals surface area contributed by atoms with Crippen LogP contribution in [0, 0.1) is 23.2 Å². The topological polar surface area (TPSA) is 78.3 Å². The molecule has 4 saturated carbocycles. The average molecular weight is 483 g/mol. The summed E-state index contributed by atoms with van der Waals surface area (Å²) in [5.41, 5.74) is 1.01. The molecule has 1 N–H and O–H groups in total. The van der Waals surface area contributed by atoms with Crippen molar-refractivity contribution in [1.29, 1.82) is 0 Å². The first-order valence-corrected chi connectivity index (χ1v) is 13.2. The molecule has 4 aliphatic rings. The summed E-state index contributed by atoms with van der Waals surface area (Å²) in [6.45, 7) is 4.60. The molecule has 1 amide bonds. The standard InChI is InChI=1S/C26H34N4O3S/c1-4-7-30-23(15-26-12-17-8-18(13-26)10-19(9-17)14-26)28-29-25(30)34-16-24(31)27-21-6-5-20(32-2)11-22(21)33-3/h4-6,11,17-19H,1,7-10,12-16H2,2-3H3,(H,27,31). The second-order valence-corrected chi connectivity index (χ2v) is 11.2. The van der Waals surface area contributed by atoms with Crippen molar-refractivity contribution in [2.24, 2.45) is 23.2 Å². The van der Waals surface area contributed by atoms with Gasteiger partial charge in [0, 0.05) is 19.0 Å². The Morgan fingerprint density at radius 2 is 1.88 bits per heavy atom. The smallest absolute Gasteiger partial charge is 0.234 e. The molecule has 1 aromatic carbocycles. The Labute approximate surface area is 205 Å². The molecule has 0 unspecified atom stereocenters. The number of anilines is 1. The van der Waals surface area contributed by atoms with Crippen molar-refractivity contribution in [2.75, 3.05) is 25.3 Å². The maximum atomic E-state index is 12.7. The second-order valence-electron chi connectivity index (χ2n) is 10.3. The van der Waals surface area contributed by atoms with Gasteiger partial charge in [0.15, 0.2) is 5.16 Å². The molecule has 0 spiro atoms. The van der Waals surface area contributed by atoms with Gasteiger partial charge in [-0.15, -0.1) is 16.8 Å². The molecular formula is C26H34N4O3S. The SMILES string of the molecule is C=CCn1c(CC23CC4CC(CC(C4)C2)C3)nnc1SCC(=O)Nc1ccc(OC)cc1OC. The van der Waals surface area contributed by atoms with Crippen molar-refractivity contribution in [3.63, 3.8) is 0 Å². The van der Waals surface area contributed by atoms with E-state index in [1.54, 1.807) is 32.4 Å². The molecule has 34 heavy (non-hydrogen) atoms. The molecule has 1 heterocycles. The Kier molecular flexibility index (Phi) is 6.60. The number of aromatic nitrogens is 3. The van der Waals surface area contributed by atoms with Gasteiger partial charge in [0.1, 0.15) is 17.3 Å². The van der Waals surface area contributed by atoms with Crippen molar-refractivity contribution in [1.82, 2.24) is 14.8 Å². The molecule has 0 atom stereocenters. The zero-order valence-electron chi connectivity index (χ0n) is 20.1. The van der Waals surface area contributed by atoms with Gasteiger partial charge in [0.25, 0.3) is 0 Å². The fraction of sp³-hybridized carbons (Fsp3) is 0.577. The van der Waals surface area contributed by atoms with Crippen LogP contribution in [0.5, 0.6) is 11.5 Å². The van der Waals surface area contributed by atoms with E-state index in [2.05, 4.69) is 26.7 Å². The van der Waals surface area contributed by atoms with Gasteiger partial charge in [-0.25, -0.2) is 0 Å². The van der Waals surface area contributed by atoms with Crippen LogP contribution >= 0.6 is 11.8 Å². The van der Waals surface area contributed by atoms with E-state index in [1.165, 1.54) is 50.3 Å². The monoisotopic (exact) mass is 482 g/mol. The van der Waals surface area contributed by atoms with E-state index in [4.69, 9.17) is 9.47 Å². The highest BCUT2D eigenvalue weighted by atomic mass is 32.2. The molecule has 1 aromatic heterocycles. The molecule has 7 nitrogen and oxygen atoms in total. The van der Waals surface area contributed by atoms with Crippen LogP contribution in [0.2, 0.25) is 0 Å². The van der Waals surface area contributed by atoms with Crippen LogP contribution in [0.3, 0.4) is 0 Å². The fourth-order valence-corrected chi connectivity index (χ4v) is 7.70.